The number of carbonyl (C=O) groups is 1. The molecule has 0 spiro atoms. The normalized spacial score (nSPS) is 11.5. The van der Waals surface area contributed by atoms with Gasteiger partial charge >= 0.3 is 6.03 Å². The van der Waals surface area contributed by atoms with Crippen LogP contribution in [0.3, 0.4) is 0 Å². The van der Waals surface area contributed by atoms with E-state index in [1.54, 1.807) is 7.11 Å². The highest BCUT2D eigenvalue weighted by Crippen LogP contribution is 2.25. The molecule has 0 aromatic heterocycles. The van der Waals surface area contributed by atoms with Gasteiger partial charge in [-0.3, -0.25) is 0 Å². The van der Waals surface area contributed by atoms with Gasteiger partial charge in [-0.25, -0.2) is 4.79 Å². The molecule has 0 aliphatic heterocycles. The van der Waals surface area contributed by atoms with Gasteiger partial charge in [0.05, 0.1) is 13.2 Å². The SMILES string of the molecule is CCCNC(=O)N[C@@H](C)COc1ccccc1OC. The van der Waals surface area contributed by atoms with E-state index < -0.39 is 0 Å². The van der Waals surface area contributed by atoms with E-state index in [9.17, 15) is 4.79 Å². The highest BCUT2D eigenvalue weighted by molar-refractivity contribution is 5.74. The number of benzene rings is 1. The Bertz CT molecular complexity index is 396. The lowest BCUT2D eigenvalue weighted by atomic mass is 10.3. The molecular weight excluding hydrogens is 244 g/mol. The second-order valence-electron chi connectivity index (χ2n) is 4.26. The lowest BCUT2D eigenvalue weighted by Crippen LogP contribution is -2.43. The van der Waals surface area contributed by atoms with E-state index in [0.717, 1.165) is 6.42 Å². The zero-order valence-corrected chi connectivity index (χ0v) is 11.7. The summed E-state index contributed by atoms with van der Waals surface area (Å²) in [4.78, 5) is 11.4. The molecule has 0 saturated carbocycles. The maximum Gasteiger partial charge on any atom is 0.315 e. The quantitative estimate of drug-likeness (QED) is 0.795. The molecule has 0 radical (unpaired) electrons. The van der Waals surface area contributed by atoms with E-state index in [0.29, 0.717) is 24.7 Å². The molecule has 0 unspecified atom stereocenters. The number of methoxy groups -OCH3 is 1. The van der Waals surface area contributed by atoms with E-state index in [4.69, 9.17) is 9.47 Å². The fourth-order valence-corrected chi connectivity index (χ4v) is 1.51. The van der Waals surface area contributed by atoms with Crippen molar-refractivity contribution in [3.63, 3.8) is 0 Å². The monoisotopic (exact) mass is 266 g/mol. The number of urea groups is 1. The van der Waals surface area contributed by atoms with Crippen molar-refractivity contribution in [1.82, 2.24) is 10.6 Å². The van der Waals surface area contributed by atoms with Gasteiger partial charge in [-0.05, 0) is 25.5 Å². The summed E-state index contributed by atoms with van der Waals surface area (Å²) in [5.74, 6) is 1.36. The first kappa shape index (κ1) is 15.1. The average Bonchev–Trinajstić information content (AvgIpc) is 2.43. The fourth-order valence-electron chi connectivity index (χ4n) is 1.51. The third-order valence-electron chi connectivity index (χ3n) is 2.47. The molecule has 0 saturated heterocycles. The maximum atomic E-state index is 11.4. The number of hydrogen-bond acceptors (Lipinski definition) is 3. The molecule has 1 aromatic carbocycles. The van der Waals surface area contributed by atoms with Crippen LogP contribution in [0.15, 0.2) is 24.3 Å². The van der Waals surface area contributed by atoms with Crippen molar-refractivity contribution in [3.8, 4) is 11.5 Å². The molecular formula is C14H22N2O3. The van der Waals surface area contributed by atoms with Crippen LogP contribution >= 0.6 is 0 Å². The largest absolute Gasteiger partial charge is 0.493 e. The van der Waals surface area contributed by atoms with E-state index in [2.05, 4.69) is 10.6 Å². The molecule has 0 heterocycles. The molecule has 0 fully saturated rings. The van der Waals surface area contributed by atoms with E-state index in [1.165, 1.54) is 0 Å². The molecule has 106 valence electrons. The summed E-state index contributed by atoms with van der Waals surface area (Å²) in [6.07, 6.45) is 0.916. The van der Waals surface area contributed by atoms with Crippen molar-refractivity contribution in [2.45, 2.75) is 26.3 Å². The Morgan fingerprint density at radius 1 is 1.32 bits per heavy atom. The first-order chi connectivity index (χ1) is 9.17. The Labute approximate surface area is 114 Å². The first-order valence-corrected chi connectivity index (χ1v) is 6.47. The van der Waals surface area contributed by atoms with Gasteiger partial charge in [0.2, 0.25) is 0 Å². The van der Waals surface area contributed by atoms with Gasteiger partial charge in [-0.1, -0.05) is 19.1 Å². The average molecular weight is 266 g/mol. The lowest BCUT2D eigenvalue weighted by Gasteiger charge is -2.16. The minimum Gasteiger partial charge on any atom is -0.493 e. The molecule has 0 aliphatic rings. The predicted octanol–water partition coefficient (Wildman–Crippen LogP) is 2.17. The summed E-state index contributed by atoms with van der Waals surface area (Å²) in [7, 11) is 1.60. The van der Waals surface area contributed by atoms with Crippen LogP contribution in [0.2, 0.25) is 0 Å². The van der Waals surface area contributed by atoms with Gasteiger partial charge in [-0.2, -0.15) is 0 Å². The van der Waals surface area contributed by atoms with Gasteiger partial charge < -0.3 is 20.1 Å². The van der Waals surface area contributed by atoms with E-state index in [1.807, 2.05) is 38.1 Å². The molecule has 1 aromatic rings. The minimum atomic E-state index is -0.169. The standard InChI is InChI=1S/C14H22N2O3/c1-4-9-15-14(17)16-11(2)10-19-13-8-6-5-7-12(13)18-3/h5-8,11H,4,9-10H2,1-3H3,(H2,15,16,17)/t11-/m0/s1. The Morgan fingerprint density at radius 2 is 2.00 bits per heavy atom. The molecule has 1 rings (SSSR count). The van der Waals surface area contributed by atoms with Gasteiger partial charge in [0.1, 0.15) is 6.61 Å². The predicted molar refractivity (Wildman–Crippen MR) is 74.8 cm³/mol. The van der Waals surface area contributed by atoms with Crippen LogP contribution < -0.4 is 20.1 Å². The molecule has 5 nitrogen and oxygen atoms in total. The van der Waals surface area contributed by atoms with Crippen molar-refractivity contribution in [2.75, 3.05) is 20.3 Å². The van der Waals surface area contributed by atoms with Crippen molar-refractivity contribution in [3.05, 3.63) is 24.3 Å². The molecule has 0 bridgehead atoms. The van der Waals surface area contributed by atoms with Crippen LogP contribution in [-0.4, -0.2) is 32.3 Å². The number of ether oxygens (including phenoxy) is 2. The number of hydrogen-bond donors (Lipinski definition) is 2. The summed E-state index contributed by atoms with van der Waals surface area (Å²) in [5.41, 5.74) is 0. The Balaban J connectivity index is 2.37. The Hall–Kier alpha value is -1.91. The zero-order chi connectivity index (χ0) is 14.1. The highest BCUT2D eigenvalue weighted by Gasteiger charge is 2.09. The number of rotatable bonds is 7. The first-order valence-electron chi connectivity index (χ1n) is 6.47. The third-order valence-corrected chi connectivity index (χ3v) is 2.47. The van der Waals surface area contributed by atoms with Crippen LogP contribution in [0.5, 0.6) is 11.5 Å². The van der Waals surface area contributed by atoms with Gasteiger partial charge in [0.25, 0.3) is 0 Å². The van der Waals surface area contributed by atoms with Crippen LogP contribution in [0.25, 0.3) is 0 Å². The maximum absolute atomic E-state index is 11.4. The van der Waals surface area contributed by atoms with Gasteiger partial charge in [0, 0.05) is 6.54 Å². The van der Waals surface area contributed by atoms with Gasteiger partial charge in [-0.15, -0.1) is 0 Å². The van der Waals surface area contributed by atoms with E-state index >= 15 is 0 Å². The summed E-state index contributed by atoms with van der Waals surface area (Å²) >= 11 is 0. The van der Waals surface area contributed by atoms with Crippen LogP contribution in [0.4, 0.5) is 4.79 Å². The van der Waals surface area contributed by atoms with Crippen molar-refractivity contribution in [1.29, 1.82) is 0 Å². The summed E-state index contributed by atoms with van der Waals surface area (Å²) in [6, 6.07) is 7.18. The second kappa shape index (κ2) is 8.24. The Morgan fingerprint density at radius 3 is 2.63 bits per heavy atom. The molecule has 19 heavy (non-hydrogen) atoms. The third kappa shape index (κ3) is 5.50. The van der Waals surface area contributed by atoms with Crippen molar-refractivity contribution >= 4 is 6.03 Å². The smallest absolute Gasteiger partial charge is 0.315 e. The summed E-state index contributed by atoms with van der Waals surface area (Å²) < 4.78 is 10.8. The molecule has 5 heteroatoms. The van der Waals surface area contributed by atoms with E-state index in [-0.39, 0.29) is 12.1 Å². The molecule has 0 aliphatic carbocycles. The summed E-state index contributed by atoms with van der Waals surface area (Å²) in [5, 5.41) is 5.56. The van der Waals surface area contributed by atoms with Crippen molar-refractivity contribution < 1.29 is 14.3 Å². The zero-order valence-electron chi connectivity index (χ0n) is 11.7. The van der Waals surface area contributed by atoms with Crippen LogP contribution in [-0.2, 0) is 0 Å². The minimum absolute atomic E-state index is 0.0817. The second-order valence-corrected chi connectivity index (χ2v) is 4.26. The number of carbonyl (C=O) groups excluding carboxylic acids is 1. The lowest BCUT2D eigenvalue weighted by molar-refractivity contribution is 0.224. The fraction of sp³-hybridized carbons (Fsp3) is 0.500. The number of amides is 2. The molecule has 1 atom stereocenters. The molecule has 2 N–H and O–H groups in total. The molecule has 2 amide bonds. The Kier molecular flexibility index (Phi) is 6.57. The number of para-hydroxylation sites is 2. The number of nitrogens with one attached hydrogen (secondary N) is 2. The van der Waals surface area contributed by atoms with Crippen LogP contribution in [0.1, 0.15) is 20.3 Å². The van der Waals surface area contributed by atoms with Crippen LogP contribution in [0, 0.1) is 0 Å². The topological polar surface area (TPSA) is 59.6 Å². The summed E-state index contributed by atoms with van der Waals surface area (Å²) in [6.45, 7) is 4.96. The highest BCUT2D eigenvalue weighted by atomic mass is 16.5. The van der Waals surface area contributed by atoms with Gasteiger partial charge in [0.15, 0.2) is 11.5 Å². The van der Waals surface area contributed by atoms with Crippen molar-refractivity contribution in [2.24, 2.45) is 0 Å².